The SMILES string of the molecule is Cc1ccc(-n2nccn2)c(C(=O)N2CC[C@H]3CN(c4nsc5ccc(Cl)cc45)[C@H]3C2)c1. The Morgan fingerprint density at radius 1 is 1.12 bits per heavy atom. The molecule has 7 nitrogen and oxygen atoms in total. The second kappa shape index (κ2) is 7.56. The minimum Gasteiger partial charge on any atom is -0.350 e. The molecule has 0 spiro atoms. The van der Waals surface area contributed by atoms with Crippen molar-refractivity contribution in [1.29, 1.82) is 0 Å². The molecule has 32 heavy (non-hydrogen) atoms. The molecule has 0 saturated carbocycles. The number of rotatable bonds is 3. The smallest absolute Gasteiger partial charge is 0.256 e. The van der Waals surface area contributed by atoms with E-state index in [1.165, 1.54) is 16.3 Å². The first kappa shape index (κ1) is 19.7. The predicted molar refractivity (Wildman–Crippen MR) is 126 cm³/mol. The van der Waals surface area contributed by atoms with Gasteiger partial charge < -0.3 is 9.80 Å². The van der Waals surface area contributed by atoms with Crippen LogP contribution in [-0.2, 0) is 0 Å². The van der Waals surface area contributed by atoms with Gasteiger partial charge in [0.2, 0.25) is 0 Å². The lowest BCUT2D eigenvalue weighted by atomic mass is 9.82. The number of likely N-dealkylation sites (tertiary alicyclic amines) is 1. The maximum absolute atomic E-state index is 13.6. The fourth-order valence-electron chi connectivity index (χ4n) is 4.84. The van der Waals surface area contributed by atoms with Crippen LogP contribution in [0, 0.1) is 12.8 Å². The first-order valence-corrected chi connectivity index (χ1v) is 11.8. The quantitative estimate of drug-likeness (QED) is 0.454. The molecule has 4 heterocycles. The molecule has 0 bridgehead atoms. The van der Waals surface area contributed by atoms with Crippen molar-refractivity contribution < 1.29 is 4.79 Å². The lowest BCUT2D eigenvalue weighted by Crippen LogP contribution is -2.65. The standard InChI is InChI=1S/C23H21ClN6OS/c1-14-2-4-19(30-25-7-8-26-30)17(10-14)23(31)28-9-6-15-12-29(20(15)13-28)22-18-11-16(24)3-5-21(18)32-27-22/h2-5,7-8,10-11,15,20H,6,9,12-13H2,1H3/t15-,20-/m0/s1. The number of hydrogen-bond acceptors (Lipinski definition) is 6. The number of aromatic nitrogens is 4. The summed E-state index contributed by atoms with van der Waals surface area (Å²) in [5, 5.41) is 10.3. The fourth-order valence-corrected chi connectivity index (χ4v) is 5.77. The highest BCUT2D eigenvalue weighted by atomic mass is 35.5. The van der Waals surface area contributed by atoms with E-state index in [2.05, 4.69) is 15.1 Å². The minimum absolute atomic E-state index is 0.0254. The summed E-state index contributed by atoms with van der Waals surface area (Å²) in [7, 11) is 0. The van der Waals surface area contributed by atoms with Crippen LogP contribution in [0.15, 0.2) is 48.8 Å². The van der Waals surface area contributed by atoms with Gasteiger partial charge in [0.1, 0.15) is 0 Å². The summed E-state index contributed by atoms with van der Waals surface area (Å²) >= 11 is 7.74. The summed E-state index contributed by atoms with van der Waals surface area (Å²) in [6, 6.07) is 12.0. The van der Waals surface area contributed by atoms with Crippen LogP contribution in [0.2, 0.25) is 5.02 Å². The van der Waals surface area contributed by atoms with Crippen LogP contribution in [0.5, 0.6) is 0 Å². The number of piperidine rings is 1. The maximum Gasteiger partial charge on any atom is 0.256 e. The highest BCUT2D eigenvalue weighted by Gasteiger charge is 2.45. The monoisotopic (exact) mass is 464 g/mol. The van der Waals surface area contributed by atoms with Gasteiger partial charge in [-0.25, -0.2) is 0 Å². The zero-order valence-corrected chi connectivity index (χ0v) is 19.1. The number of amides is 1. The van der Waals surface area contributed by atoms with Crippen LogP contribution in [-0.4, -0.2) is 55.9 Å². The Kier molecular flexibility index (Phi) is 4.66. The van der Waals surface area contributed by atoms with Gasteiger partial charge in [-0.1, -0.05) is 23.2 Å². The molecule has 2 aromatic carbocycles. The van der Waals surface area contributed by atoms with E-state index in [4.69, 9.17) is 16.0 Å². The van der Waals surface area contributed by atoms with Crippen molar-refractivity contribution in [2.45, 2.75) is 19.4 Å². The van der Waals surface area contributed by atoms with Crippen LogP contribution in [0.3, 0.4) is 0 Å². The molecule has 2 aliphatic rings. The Morgan fingerprint density at radius 2 is 1.97 bits per heavy atom. The second-order valence-corrected chi connectivity index (χ2v) is 9.75. The van der Waals surface area contributed by atoms with E-state index >= 15 is 0 Å². The Labute approximate surface area is 194 Å². The molecule has 6 rings (SSSR count). The van der Waals surface area contributed by atoms with Gasteiger partial charge in [-0.15, -0.1) is 0 Å². The molecule has 2 aromatic heterocycles. The average Bonchev–Trinajstić information content (AvgIpc) is 3.45. The molecule has 4 aromatic rings. The highest BCUT2D eigenvalue weighted by molar-refractivity contribution is 7.13. The predicted octanol–water partition coefficient (Wildman–Crippen LogP) is 4.19. The number of carbonyl (C=O) groups excluding carboxylic acids is 1. The summed E-state index contributed by atoms with van der Waals surface area (Å²) in [4.78, 5) is 19.4. The van der Waals surface area contributed by atoms with Crippen molar-refractivity contribution in [2.75, 3.05) is 24.5 Å². The lowest BCUT2D eigenvalue weighted by Gasteiger charge is -2.53. The number of halogens is 1. The van der Waals surface area contributed by atoms with Gasteiger partial charge in [0.05, 0.1) is 34.4 Å². The molecule has 2 saturated heterocycles. The Hall–Kier alpha value is -2.97. The summed E-state index contributed by atoms with van der Waals surface area (Å²) in [6.45, 7) is 4.42. The summed E-state index contributed by atoms with van der Waals surface area (Å²) in [6.07, 6.45) is 4.24. The lowest BCUT2D eigenvalue weighted by molar-refractivity contribution is 0.0591. The molecule has 0 N–H and O–H groups in total. The zero-order valence-electron chi connectivity index (χ0n) is 17.5. The van der Waals surface area contributed by atoms with Gasteiger partial charge in [-0.05, 0) is 55.2 Å². The van der Waals surface area contributed by atoms with Crippen molar-refractivity contribution in [3.63, 3.8) is 0 Å². The van der Waals surface area contributed by atoms with E-state index in [0.717, 1.165) is 46.0 Å². The molecule has 2 fully saturated rings. The van der Waals surface area contributed by atoms with E-state index in [0.29, 0.717) is 23.7 Å². The van der Waals surface area contributed by atoms with E-state index in [1.807, 2.05) is 48.2 Å². The number of carbonyl (C=O) groups is 1. The fraction of sp³-hybridized carbons (Fsp3) is 0.304. The normalized spacial score (nSPS) is 20.3. The van der Waals surface area contributed by atoms with Crippen LogP contribution in [0.4, 0.5) is 5.82 Å². The van der Waals surface area contributed by atoms with Crippen molar-refractivity contribution in [1.82, 2.24) is 24.3 Å². The Morgan fingerprint density at radius 3 is 2.81 bits per heavy atom. The third kappa shape index (κ3) is 3.17. The third-order valence-electron chi connectivity index (χ3n) is 6.54. The Bertz CT molecular complexity index is 1320. The van der Waals surface area contributed by atoms with Crippen molar-refractivity contribution in [3.8, 4) is 5.69 Å². The number of benzene rings is 2. The van der Waals surface area contributed by atoms with E-state index < -0.39 is 0 Å². The second-order valence-electron chi connectivity index (χ2n) is 8.51. The average molecular weight is 465 g/mol. The topological polar surface area (TPSA) is 67.2 Å². The van der Waals surface area contributed by atoms with E-state index in [-0.39, 0.29) is 11.9 Å². The van der Waals surface area contributed by atoms with Crippen LogP contribution in [0.25, 0.3) is 15.8 Å². The highest BCUT2D eigenvalue weighted by Crippen LogP contribution is 2.41. The first-order valence-electron chi connectivity index (χ1n) is 10.7. The molecule has 2 aliphatic heterocycles. The van der Waals surface area contributed by atoms with E-state index in [1.54, 1.807) is 12.4 Å². The molecular formula is C23H21ClN6OS. The van der Waals surface area contributed by atoms with Gasteiger partial charge >= 0.3 is 0 Å². The third-order valence-corrected chi connectivity index (χ3v) is 7.59. The van der Waals surface area contributed by atoms with Crippen molar-refractivity contribution >= 4 is 44.9 Å². The molecular weight excluding hydrogens is 444 g/mol. The Balaban J connectivity index is 1.28. The van der Waals surface area contributed by atoms with Gasteiger partial charge in [0, 0.05) is 36.0 Å². The molecule has 0 unspecified atom stereocenters. The zero-order chi connectivity index (χ0) is 21.8. The maximum atomic E-state index is 13.6. The number of anilines is 1. The van der Waals surface area contributed by atoms with Crippen molar-refractivity contribution in [2.24, 2.45) is 5.92 Å². The summed E-state index contributed by atoms with van der Waals surface area (Å²) in [5.74, 6) is 1.59. The van der Waals surface area contributed by atoms with Gasteiger partial charge in [0.15, 0.2) is 5.82 Å². The van der Waals surface area contributed by atoms with Crippen LogP contribution in [0.1, 0.15) is 22.3 Å². The van der Waals surface area contributed by atoms with Crippen LogP contribution >= 0.6 is 23.1 Å². The van der Waals surface area contributed by atoms with Gasteiger partial charge in [-0.3, -0.25) is 4.79 Å². The molecule has 9 heteroatoms. The first-order chi connectivity index (χ1) is 15.6. The molecule has 0 radical (unpaired) electrons. The molecule has 0 aliphatic carbocycles. The van der Waals surface area contributed by atoms with E-state index in [9.17, 15) is 4.79 Å². The number of fused-ring (bicyclic) bond motifs is 2. The number of hydrogen-bond donors (Lipinski definition) is 0. The largest absolute Gasteiger partial charge is 0.350 e. The summed E-state index contributed by atoms with van der Waals surface area (Å²) < 4.78 is 5.85. The minimum atomic E-state index is 0.0254. The molecule has 2 atom stereocenters. The molecule has 162 valence electrons. The number of aryl methyl sites for hydroxylation is 1. The molecule has 1 amide bonds. The van der Waals surface area contributed by atoms with Gasteiger partial charge in [-0.2, -0.15) is 19.4 Å². The number of nitrogens with zero attached hydrogens (tertiary/aromatic N) is 6. The van der Waals surface area contributed by atoms with Gasteiger partial charge in [0.25, 0.3) is 5.91 Å². The van der Waals surface area contributed by atoms with Crippen molar-refractivity contribution in [3.05, 3.63) is 64.9 Å². The summed E-state index contributed by atoms with van der Waals surface area (Å²) in [5.41, 5.74) is 2.38. The van der Waals surface area contributed by atoms with Crippen LogP contribution < -0.4 is 4.90 Å².